The molecule has 4 aliphatic carbocycles. The van der Waals surface area contributed by atoms with Crippen LogP contribution in [0.3, 0.4) is 0 Å². The maximum atomic E-state index is 13.7. The van der Waals surface area contributed by atoms with Gasteiger partial charge in [-0.3, -0.25) is 9.59 Å². The Morgan fingerprint density at radius 3 is 2.19 bits per heavy atom. The summed E-state index contributed by atoms with van der Waals surface area (Å²) >= 11 is 0. The molecule has 5 rings (SSSR count). The first-order valence-corrected chi connectivity index (χ1v) is 10.6. The van der Waals surface area contributed by atoms with Crippen LogP contribution in [0.5, 0.6) is 0 Å². The molecule has 4 aliphatic rings. The number of ether oxygens (including phenoxy) is 1. The van der Waals surface area contributed by atoms with Crippen LogP contribution in [0.4, 0.5) is 0 Å². The van der Waals surface area contributed by atoms with Crippen LogP contribution < -0.4 is 0 Å². The number of hydrogen-bond acceptors (Lipinski definition) is 3. The molecule has 27 heavy (non-hydrogen) atoms. The molecule has 0 radical (unpaired) electrons. The molecular weight excluding hydrogens is 338 g/mol. The Morgan fingerprint density at radius 2 is 1.63 bits per heavy atom. The minimum atomic E-state index is -0.214. The molecule has 4 bridgehead atoms. The number of esters is 1. The fraction of sp³-hybridized carbons (Fsp3) is 0.652. The minimum absolute atomic E-state index is 0.168. The molecule has 1 aromatic carbocycles. The second-order valence-electron chi connectivity index (χ2n) is 8.97. The van der Waals surface area contributed by atoms with Crippen molar-refractivity contribution in [2.45, 2.75) is 58.4 Å². The first-order chi connectivity index (χ1) is 13.1. The van der Waals surface area contributed by atoms with Crippen LogP contribution in [0.15, 0.2) is 30.3 Å². The van der Waals surface area contributed by atoms with E-state index in [0.717, 1.165) is 42.6 Å². The third-order valence-electron chi connectivity index (χ3n) is 6.89. The van der Waals surface area contributed by atoms with Gasteiger partial charge in [-0.25, -0.2) is 0 Å². The Bertz CT molecular complexity index is 649. The van der Waals surface area contributed by atoms with Crippen molar-refractivity contribution >= 4 is 11.9 Å². The zero-order chi connectivity index (χ0) is 18.9. The van der Waals surface area contributed by atoms with E-state index in [1.54, 1.807) is 0 Å². The van der Waals surface area contributed by atoms with Gasteiger partial charge in [0.15, 0.2) is 0 Å². The van der Waals surface area contributed by atoms with E-state index in [0.29, 0.717) is 19.7 Å². The van der Waals surface area contributed by atoms with Crippen LogP contribution >= 0.6 is 0 Å². The average Bonchev–Trinajstić information content (AvgIpc) is 2.64. The maximum absolute atomic E-state index is 13.7. The topological polar surface area (TPSA) is 46.6 Å². The summed E-state index contributed by atoms with van der Waals surface area (Å²) < 4.78 is 5.09. The van der Waals surface area contributed by atoms with E-state index >= 15 is 0 Å². The monoisotopic (exact) mass is 369 g/mol. The van der Waals surface area contributed by atoms with Gasteiger partial charge in [0, 0.05) is 13.1 Å². The highest BCUT2D eigenvalue weighted by Gasteiger charge is 2.55. The highest BCUT2D eigenvalue weighted by molar-refractivity contribution is 5.84. The summed E-state index contributed by atoms with van der Waals surface area (Å²) in [5, 5.41) is 0. The number of benzene rings is 1. The third kappa shape index (κ3) is 3.90. The lowest BCUT2D eigenvalue weighted by Crippen LogP contribution is -2.54. The van der Waals surface area contributed by atoms with Gasteiger partial charge < -0.3 is 9.64 Å². The normalized spacial score (nSPS) is 30.9. The van der Waals surface area contributed by atoms with Crippen LogP contribution in [-0.4, -0.2) is 29.9 Å². The number of carbonyl (C=O) groups is 2. The van der Waals surface area contributed by atoms with Gasteiger partial charge >= 0.3 is 5.97 Å². The van der Waals surface area contributed by atoms with Gasteiger partial charge in [-0.05, 0) is 68.8 Å². The summed E-state index contributed by atoms with van der Waals surface area (Å²) in [5.41, 5.74) is 0.956. The van der Waals surface area contributed by atoms with Crippen LogP contribution in [0, 0.1) is 23.2 Å². The Kier molecular flexibility index (Phi) is 5.25. The second-order valence-corrected chi connectivity index (χ2v) is 8.97. The van der Waals surface area contributed by atoms with Crippen LogP contribution in [0.2, 0.25) is 0 Å². The molecule has 0 aliphatic heterocycles. The smallest absolute Gasteiger partial charge is 0.307 e. The zero-order valence-corrected chi connectivity index (χ0v) is 16.4. The molecule has 0 aromatic heterocycles. The van der Waals surface area contributed by atoms with Gasteiger partial charge in [-0.2, -0.15) is 0 Å². The van der Waals surface area contributed by atoms with E-state index in [4.69, 9.17) is 4.74 Å². The van der Waals surface area contributed by atoms with Crippen LogP contribution in [-0.2, 0) is 20.9 Å². The Balaban J connectivity index is 1.52. The zero-order valence-electron chi connectivity index (χ0n) is 16.4. The number of amides is 1. The van der Waals surface area contributed by atoms with Gasteiger partial charge in [0.1, 0.15) is 0 Å². The van der Waals surface area contributed by atoms with Crippen molar-refractivity contribution in [1.29, 1.82) is 0 Å². The quantitative estimate of drug-likeness (QED) is 0.677. The largest absolute Gasteiger partial charge is 0.466 e. The summed E-state index contributed by atoms with van der Waals surface area (Å²) in [5.74, 6) is 2.29. The Labute approximate surface area is 162 Å². The fourth-order valence-electron chi connectivity index (χ4n) is 6.22. The Morgan fingerprint density at radius 1 is 1.04 bits per heavy atom. The predicted octanol–water partition coefficient (Wildman–Crippen LogP) is 4.18. The van der Waals surface area contributed by atoms with Crippen LogP contribution in [0.1, 0.15) is 57.4 Å². The second kappa shape index (κ2) is 7.65. The summed E-state index contributed by atoms with van der Waals surface area (Å²) in [6.07, 6.45) is 7.43. The number of hydrogen-bond donors (Lipinski definition) is 0. The minimum Gasteiger partial charge on any atom is -0.466 e. The molecule has 4 nitrogen and oxygen atoms in total. The molecule has 0 atom stereocenters. The average molecular weight is 370 g/mol. The molecule has 0 unspecified atom stereocenters. The lowest BCUT2D eigenvalue weighted by atomic mass is 9.49. The molecule has 4 saturated carbocycles. The molecule has 4 fully saturated rings. The predicted molar refractivity (Wildman–Crippen MR) is 104 cm³/mol. The molecule has 0 saturated heterocycles. The van der Waals surface area contributed by atoms with Crippen molar-refractivity contribution in [1.82, 2.24) is 4.90 Å². The van der Waals surface area contributed by atoms with E-state index in [2.05, 4.69) is 12.1 Å². The lowest BCUT2D eigenvalue weighted by Gasteiger charge is -2.56. The van der Waals surface area contributed by atoms with Crippen molar-refractivity contribution in [3.63, 3.8) is 0 Å². The summed E-state index contributed by atoms with van der Waals surface area (Å²) in [4.78, 5) is 27.6. The molecule has 4 heteroatoms. The fourth-order valence-corrected chi connectivity index (χ4v) is 6.22. The van der Waals surface area contributed by atoms with Crippen molar-refractivity contribution in [3.8, 4) is 0 Å². The summed E-state index contributed by atoms with van der Waals surface area (Å²) in [6, 6.07) is 10.1. The highest BCUT2D eigenvalue weighted by atomic mass is 16.5. The Hall–Kier alpha value is -1.84. The van der Waals surface area contributed by atoms with Gasteiger partial charge in [0.25, 0.3) is 0 Å². The first kappa shape index (κ1) is 18.5. The number of nitrogens with zero attached hydrogens (tertiary/aromatic N) is 1. The first-order valence-electron chi connectivity index (χ1n) is 10.6. The van der Waals surface area contributed by atoms with Crippen molar-refractivity contribution in [3.05, 3.63) is 35.9 Å². The molecule has 0 heterocycles. The molecule has 146 valence electrons. The van der Waals surface area contributed by atoms with Crippen LogP contribution in [0.25, 0.3) is 0 Å². The van der Waals surface area contributed by atoms with E-state index in [-0.39, 0.29) is 23.7 Å². The van der Waals surface area contributed by atoms with E-state index in [1.165, 1.54) is 19.3 Å². The summed E-state index contributed by atoms with van der Waals surface area (Å²) in [7, 11) is 0. The van der Waals surface area contributed by atoms with Gasteiger partial charge in [-0.15, -0.1) is 0 Å². The van der Waals surface area contributed by atoms with Crippen molar-refractivity contribution in [2.24, 2.45) is 23.2 Å². The van der Waals surface area contributed by atoms with Gasteiger partial charge in [-0.1, -0.05) is 30.3 Å². The van der Waals surface area contributed by atoms with E-state index < -0.39 is 0 Å². The number of carbonyl (C=O) groups excluding carboxylic acids is 2. The molecule has 0 spiro atoms. The van der Waals surface area contributed by atoms with Gasteiger partial charge in [0.05, 0.1) is 18.4 Å². The maximum Gasteiger partial charge on any atom is 0.307 e. The van der Waals surface area contributed by atoms with Crippen molar-refractivity contribution in [2.75, 3.05) is 13.2 Å². The van der Waals surface area contributed by atoms with Crippen molar-refractivity contribution < 1.29 is 14.3 Å². The number of rotatable bonds is 7. The lowest BCUT2D eigenvalue weighted by molar-refractivity contribution is -0.159. The third-order valence-corrected chi connectivity index (χ3v) is 6.89. The summed E-state index contributed by atoms with van der Waals surface area (Å²) in [6.45, 7) is 3.25. The van der Waals surface area contributed by atoms with E-state index in [1.807, 2.05) is 30.0 Å². The van der Waals surface area contributed by atoms with Gasteiger partial charge in [0.2, 0.25) is 5.91 Å². The standard InChI is InChI=1S/C23H31NO3/c1-2-27-21(25)8-9-24(16-17-6-4-3-5-7-17)22(26)23-13-18-10-19(14-23)12-20(11-18)15-23/h3-7,18-20H,2,8-16H2,1H3. The SMILES string of the molecule is CCOC(=O)CCN(Cc1ccccc1)C(=O)C12CC3CC(CC(C3)C1)C2. The molecular formula is C23H31NO3. The molecule has 0 N–H and O–H groups in total. The molecule has 1 aromatic rings. The van der Waals surface area contributed by atoms with E-state index in [9.17, 15) is 9.59 Å². The molecule has 1 amide bonds. The highest BCUT2D eigenvalue weighted by Crippen LogP contribution is 2.60.